The number of phenolic OH excluding ortho intramolecular Hbond substituents is 4. The molecule has 4 amide bonds. The summed E-state index contributed by atoms with van der Waals surface area (Å²) in [5.41, 5.74) is 3.81. The Morgan fingerprint density at radius 1 is 0.379 bits per heavy atom. The van der Waals surface area contributed by atoms with Crippen LogP contribution in [0.4, 0.5) is 0 Å². The largest absolute Gasteiger partial charge is 0.508 e. The van der Waals surface area contributed by atoms with E-state index in [0.29, 0.717) is 116 Å². The lowest BCUT2D eigenvalue weighted by Crippen LogP contribution is -2.37. The van der Waals surface area contributed by atoms with E-state index in [4.69, 9.17) is 0 Å². The number of phenols is 4. The molecule has 4 aromatic rings. The standard InChI is InChI=1S/C46H58N4O8/c51-39-17-5-35(6-18-39)13-25-43(55)47-29-3-33-49(45(57)27-15-37-9-21-41(53)22-10-37)31-1-2-32-50(46(58)28-16-38-11-23-42(54)24-12-38)34-4-30-48-44(56)26-14-36-7-19-40(52)20-8-36/h5-12,17-24,51-54H,1-4,13-16,25-34H2,(H,47,55)(H,48,56). The Hall–Kier alpha value is -6.04. The zero-order valence-electron chi connectivity index (χ0n) is 33.3. The molecule has 0 saturated carbocycles. The number of aromatic hydroxyl groups is 4. The molecular formula is C46H58N4O8. The number of nitrogens with one attached hydrogen (secondary N) is 2. The first kappa shape index (κ1) is 44.7. The first-order valence-electron chi connectivity index (χ1n) is 20.2. The molecule has 0 saturated heterocycles. The molecule has 0 aliphatic rings. The predicted octanol–water partition coefficient (Wildman–Crippen LogP) is 5.79. The maximum atomic E-state index is 13.5. The number of amides is 4. The molecule has 12 nitrogen and oxygen atoms in total. The van der Waals surface area contributed by atoms with E-state index in [1.807, 2.05) is 9.80 Å². The van der Waals surface area contributed by atoms with Gasteiger partial charge in [-0.25, -0.2) is 0 Å². The fourth-order valence-electron chi connectivity index (χ4n) is 6.48. The van der Waals surface area contributed by atoms with Crippen LogP contribution in [-0.4, -0.2) is 93.1 Å². The van der Waals surface area contributed by atoms with Crippen molar-refractivity contribution in [3.8, 4) is 23.0 Å². The molecule has 310 valence electrons. The van der Waals surface area contributed by atoms with E-state index in [2.05, 4.69) is 10.6 Å². The van der Waals surface area contributed by atoms with E-state index >= 15 is 0 Å². The minimum absolute atomic E-state index is 0.00489. The summed E-state index contributed by atoms with van der Waals surface area (Å²) in [6.45, 7) is 2.77. The summed E-state index contributed by atoms with van der Waals surface area (Å²) in [4.78, 5) is 55.6. The third-order valence-corrected chi connectivity index (χ3v) is 9.95. The Morgan fingerprint density at radius 3 is 0.931 bits per heavy atom. The van der Waals surface area contributed by atoms with Crippen LogP contribution in [0.25, 0.3) is 0 Å². The zero-order valence-corrected chi connectivity index (χ0v) is 33.3. The Kier molecular flexibility index (Phi) is 18.9. The quantitative estimate of drug-likeness (QED) is 0.0457. The van der Waals surface area contributed by atoms with Crippen LogP contribution in [0.2, 0.25) is 0 Å². The van der Waals surface area contributed by atoms with Gasteiger partial charge in [-0.3, -0.25) is 19.2 Å². The molecule has 0 atom stereocenters. The molecule has 0 spiro atoms. The van der Waals surface area contributed by atoms with Crippen molar-refractivity contribution in [3.63, 3.8) is 0 Å². The average Bonchev–Trinajstić information content (AvgIpc) is 3.22. The van der Waals surface area contributed by atoms with Crippen molar-refractivity contribution in [2.75, 3.05) is 39.3 Å². The van der Waals surface area contributed by atoms with Gasteiger partial charge in [0.25, 0.3) is 0 Å². The van der Waals surface area contributed by atoms with Crippen LogP contribution >= 0.6 is 0 Å². The number of aryl methyl sites for hydroxylation is 4. The molecule has 58 heavy (non-hydrogen) atoms. The molecule has 0 aliphatic heterocycles. The van der Waals surface area contributed by atoms with E-state index in [-0.39, 0.29) is 46.6 Å². The van der Waals surface area contributed by atoms with E-state index in [1.54, 1.807) is 97.1 Å². The van der Waals surface area contributed by atoms with Crippen molar-refractivity contribution in [3.05, 3.63) is 119 Å². The smallest absolute Gasteiger partial charge is 0.222 e. The molecule has 0 bridgehead atoms. The normalized spacial score (nSPS) is 10.8. The molecule has 0 aromatic heterocycles. The SMILES string of the molecule is O=C(CCc1ccc(O)cc1)NCCCN(CCCCN(CCCNC(=O)CCc1ccc(O)cc1)C(=O)CCc1ccc(O)cc1)C(=O)CCc1ccc(O)cc1. The number of unbranched alkanes of at least 4 members (excludes halogenated alkanes) is 1. The Morgan fingerprint density at radius 2 is 0.638 bits per heavy atom. The summed E-state index contributed by atoms with van der Waals surface area (Å²) in [6, 6.07) is 27.2. The number of rotatable bonds is 25. The second kappa shape index (κ2) is 24.6. The van der Waals surface area contributed by atoms with Crippen LogP contribution in [0.15, 0.2) is 97.1 Å². The van der Waals surface area contributed by atoms with Crippen LogP contribution in [0, 0.1) is 0 Å². The van der Waals surface area contributed by atoms with Gasteiger partial charge in [0, 0.05) is 65.0 Å². The van der Waals surface area contributed by atoms with Crippen molar-refractivity contribution >= 4 is 23.6 Å². The molecule has 0 aliphatic carbocycles. The fraction of sp³-hybridized carbons (Fsp3) is 0.391. The van der Waals surface area contributed by atoms with Crippen LogP contribution in [0.5, 0.6) is 23.0 Å². The van der Waals surface area contributed by atoms with Crippen LogP contribution < -0.4 is 10.6 Å². The van der Waals surface area contributed by atoms with Gasteiger partial charge in [0.2, 0.25) is 23.6 Å². The third kappa shape index (κ3) is 17.4. The summed E-state index contributed by atoms with van der Waals surface area (Å²) in [7, 11) is 0. The molecule has 4 rings (SSSR count). The number of carbonyl (C=O) groups excluding carboxylic acids is 4. The molecule has 4 aromatic carbocycles. The maximum Gasteiger partial charge on any atom is 0.222 e. The summed E-state index contributed by atoms with van der Waals surface area (Å²) < 4.78 is 0. The van der Waals surface area contributed by atoms with Gasteiger partial charge < -0.3 is 40.9 Å². The lowest BCUT2D eigenvalue weighted by molar-refractivity contribution is -0.132. The van der Waals surface area contributed by atoms with Crippen molar-refractivity contribution in [1.29, 1.82) is 0 Å². The molecule has 0 unspecified atom stereocenters. The van der Waals surface area contributed by atoms with E-state index in [9.17, 15) is 39.6 Å². The maximum absolute atomic E-state index is 13.5. The molecule has 0 radical (unpaired) electrons. The van der Waals surface area contributed by atoms with Crippen molar-refractivity contribution in [1.82, 2.24) is 20.4 Å². The molecule has 6 N–H and O–H groups in total. The molecule has 0 heterocycles. The minimum Gasteiger partial charge on any atom is -0.508 e. The zero-order chi connectivity index (χ0) is 41.5. The van der Waals surface area contributed by atoms with Gasteiger partial charge >= 0.3 is 0 Å². The number of nitrogens with zero attached hydrogens (tertiary/aromatic N) is 2. The Balaban J connectivity index is 1.26. The van der Waals surface area contributed by atoms with Crippen LogP contribution in [0.3, 0.4) is 0 Å². The summed E-state index contributed by atoms with van der Waals surface area (Å²) in [5.74, 6) is 0.526. The van der Waals surface area contributed by atoms with Gasteiger partial charge in [-0.15, -0.1) is 0 Å². The predicted molar refractivity (Wildman–Crippen MR) is 223 cm³/mol. The minimum atomic E-state index is -0.0814. The Bertz CT molecular complexity index is 1710. The highest BCUT2D eigenvalue weighted by atomic mass is 16.3. The van der Waals surface area contributed by atoms with Crippen LogP contribution in [0.1, 0.15) is 73.6 Å². The highest BCUT2D eigenvalue weighted by Crippen LogP contribution is 2.16. The third-order valence-electron chi connectivity index (χ3n) is 9.95. The monoisotopic (exact) mass is 794 g/mol. The summed E-state index contributed by atoms with van der Waals surface area (Å²) in [6.07, 6.45) is 5.90. The second-order valence-corrected chi connectivity index (χ2v) is 14.5. The summed E-state index contributed by atoms with van der Waals surface area (Å²) in [5, 5.41) is 44.2. The summed E-state index contributed by atoms with van der Waals surface area (Å²) >= 11 is 0. The van der Waals surface area contributed by atoms with Gasteiger partial charge in [-0.05, 0) is 122 Å². The van der Waals surface area contributed by atoms with Gasteiger partial charge in [0.05, 0.1) is 0 Å². The number of benzene rings is 4. The second-order valence-electron chi connectivity index (χ2n) is 14.5. The lowest BCUT2D eigenvalue weighted by Gasteiger charge is -2.25. The van der Waals surface area contributed by atoms with Gasteiger partial charge in [0.1, 0.15) is 23.0 Å². The number of hydrogen-bond donors (Lipinski definition) is 6. The first-order valence-corrected chi connectivity index (χ1v) is 20.2. The van der Waals surface area contributed by atoms with Crippen LogP contribution in [-0.2, 0) is 44.9 Å². The first-order chi connectivity index (χ1) is 28.0. The highest BCUT2D eigenvalue weighted by Gasteiger charge is 2.17. The highest BCUT2D eigenvalue weighted by molar-refractivity contribution is 5.78. The molecular weight excluding hydrogens is 737 g/mol. The molecule has 12 heteroatoms. The molecule has 0 fully saturated rings. The number of carbonyl (C=O) groups is 4. The van der Waals surface area contributed by atoms with E-state index in [0.717, 1.165) is 22.3 Å². The van der Waals surface area contributed by atoms with Crippen molar-refractivity contribution < 1.29 is 39.6 Å². The van der Waals surface area contributed by atoms with Crippen molar-refractivity contribution in [2.24, 2.45) is 0 Å². The topological polar surface area (TPSA) is 180 Å². The Labute approximate surface area is 341 Å². The van der Waals surface area contributed by atoms with Crippen molar-refractivity contribution in [2.45, 2.75) is 77.0 Å². The van der Waals surface area contributed by atoms with E-state index in [1.165, 1.54) is 0 Å². The van der Waals surface area contributed by atoms with Gasteiger partial charge in [-0.1, -0.05) is 48.5 Å². The van der Waals surface area contributed by atoms with Gasteiger partial charge in [0.15, 0.2) is 0 Å². The van der Waals surface area contributed by atoms with E-state index < -0.39 is 0 Å². The lowest BCUT2D eigenvalue weighted by atomic mass is 10.1. The number of hydrogen-bond acceptors (Lipinski definition) is 8. The average molecular weight is 795 g/mol. The van der Waals surface area contributed by atoms with Gasteiger partial charge in [-0.2, -0.15) is 0 Å². The fourth-order valence-corrected chi connectivity index (χ4v) is 6.48.